The number of nitrogens with zero attached hydrogens (tertiary/aromatic N) is 1. The fraction of sp³-hybridized carbons (Fsp3) is 0.500. The number of unbranched alkanes of at least 4 members (excludes halogenated alkanes) is 2. The predicted molar refractivity (Wildman–Crippen MR) is 53.5 cm³/mol. The fourth-order valence-electron chi connectivity index (χ4n) is 1.19. The van der Waals surface area contributed by atoms with Gasteiger partial charge in [0.05, 0.1) is 0 Å². The van der Waals surface area contributed by atoms with Gasteiger partial charge in [0.2, 0.25) is 0 Å². The summed E-state index contributed by atoms with van der Waals surface area (Å²) in [5, 5.41) is 11.1. The molecule has 0 amide bonds. The monoisotopic (exact) mass is 234 g/mol. The molecule has 3 nitrogen and oxygen atoms in total. The summed E-state index contributed by atoms with van der Waals surface area (Å²) in [4.78, 5) is 3.11. The van der Waals surface area contributed by atoms with Crippen molar-refractivity contribution in [1.82, 2.24) is 4.98 Å². The third-order valence-electron chi connectivity index (χ3n) is 2.01. The van der Waals surface area contributed by atoms with Crippen LogP contribution in [0.25, 0.3) is 0 Å². The SMILES string of the molecule is OCCCCCNc1nc(F)c(F)cc1F. The number of halogens is 3. The molecule has 0 saturated heterocycles. The van der Waals surface area contributed by atoms with E-state index in [9.17, 15) is 13.2 Å². The second-order valence-electron chi connectivity index (χ2n) is 3.30. The van der Waals surface area contributed by atoms with Crippen LogP contribution in [0.3, 0.4) is 0 Å². The van der Waals surface area contributed by atoms with Crippen LogP contribution in [0.2, 0.25) is 0 Å². The average molecular weight is 234 g/mol. The first-order chi connectivity index (χ1) is 7.65. The standard InChI is InChI=1S/C10H13F3N2O/c11-7-6-8(12)10(15-9(7)13)14-4-2-1-3-5-16/h6,16H,1-5H2,(H,14,15). The van der Waals surface area contributed by atoms with Gasteiger partial charge in [-0.3, -0.25) is 0 Å². The number of hydrogen-bond donors (Lipinski definition) is 2. The first-order valence-electron chi connectivity index (χ1n) is 5.01. The summed E-state index contributed by atoms with van der Waals surface area (Å²) in [6.45, 7) is 0.507. The Balaban J connectivity index is 2.45. The second kappa shape index (κ2) is 6.32. The van der Waals surface area contributed by atoms with E-state index in [0.717, 1.165) is 6.42 Å². The van der Waals surface area contributed by atoms with E-state index in [0.29, 0.717) is 25.5 Å². The molecule has 0 fully saturated rings. The maximum Gasteiger partial charge on any atom is 0.251 e. The van der Waals surface area contributed by atoms with Crippen molar-refractivity contribution in [3.63, 3.8) is 0 Å². The molecule has 0 aliphatic rings. The van der Waals surface area contributed by atoms with Gasteiger partial charge in [-0.15, -0.1) is 0 Å². The molecule has 1 aromatic heterocycles. The minimum Gasteiger partial charge on any atom is -0.396 e. The lowest BCUT2D eigenvalue weighted by molar-refractivity contribution is 0.283. The zero-order valence-electron chi connectivity index (χ0n) is 8.64. The summed E-state index contributed by atoms with van der Waals surface area (Å²) in [6.07, 6.45) is 2.13. The molecule has 0 bridgehead atoms. The van der Waals surface area contributed by atoms with E-state index in [2.05, 4.69) is 10.3 Å². The lowest BCUT2D eigenvalue weighted by atomic mass is 10.2. The minimum atomic E-state index is -1.32. The van der Waals surface area contributed by atoms with Crippen molar-refractivity contribution in [2.24, 2.45) is 0 Å². The molecule has 0 saturated carbocycles. The molecule has 2 N–H and O–H groups in total. The average Bonchev–Trinajstić information content (AvgIpc) is 2.25. The molecule has 16 heavy (non-hydrogen) atoms. The molecular formula is C10H13F3N2O. The number of aliphatic hydroxyl groups excluding tert-OH is 1. The van der Waals surface area contributed by atoms with Gasteiger partial charge in [-0.05, 0) is 19.3 Å². The first kappa shape index (κ1) is 12.8. The smallest absolute Gasteiger partial charge is 0.251 e. The normalized spacial score (nSPS) is 10.5. The van der Waals surface area contributed by atoms with Crippen LogP contribution >= 0.6 is 0 Å². The molecule has 0 aromatic carbocycles. The zero-order valence-corrected chi connectivity index (χ0v) is 8.64. The lowest BCUT2D eigenvalue weighted by Crippen LogP contribution is -2.07. The van der Waals surface area contributed by atoms with Crippen molar-refractivity contribution in [3.8, 4) is 0 Å². The molecule has 0 aliphatic heterocycles. The molecule has 90 valence electrons. The number of rotatable bonds is 6. The minimum absolute atomic E-state index is 0.109. The number of pyridine rings is 1. The van der Waals surface area contributed by atoms with Gasteiger partial charge in [-0.1, -0.05) is 0 Å². The number of hydrogen-bond acceptors (Lipinski definition) is 3. The van der Waals surface area contributed by atoms with Crippen LogP contribution in [0.4, 0.5) is 19.0 Å². The molecule has 0 spiro atoms. The largest absolute Gasteiger partial charge is 0.396 e. The maximum atomic E-state index is 13.0. The van der Waals surface area contributed by atoms with E-state index in [4.69, 9.17) is 5.11 Å². The Morgan fingerprint density at radius 2 is 1.88 bits per heavy atom. The number of aromatic nitrogens is 1. The second-order valence-corrected chi connectivity index (χ2v) is 3.30. The highest BCUT2D eigenvalue weighted by Crippen LogP contribution is 2.14. The van der Waals surface area contributed by atoms with Crippen LogP contribution in [0.1, 0.15) is 19.3 Å². The van der Waals surface area contributed by atoms with Crippen LogP contribution in [-0.4, -0.2) is 23.2 Å². The van der Waals surface area contributed by atoms with E-state index in [1.165, 1.54) is 0 Å². The van der Waals surface area contributed by atoms with Gasteiger partial charge in [-0.25, -0.2) is 8.78 Å². The van der Waals surface area contributed by atoms with E-state index < -0.39 is 17.6 Å². The van der Waals surface area contributed by atoms with Crippen molar-refractivity contribution >= 4 is 5.82 Å². The topological polar surface area (TPSA) is 45.1 Å². The summed E-state index contributed by atoms with van der Waals surface area (Å²) in [5.41, 5.74) is 0. The van der Waals surface area contributed by atoms with Crippen LogP contribution in [0, 0.1) is 17.6 Å². The van der Waals surface area contributed by atoms with Crippen LogP contribution in [-0.2, 0) is 0 Å². The van der Waals surface area contributed by atoms with Gasteiger partial charge in [0.15, 0.2) is 17.5 Å². The van der Waals surface area contributed by atoms with Crippen LogP contribution in [0.5, 0.6) is 0 Å². The van der Waals surface area contributed by atoms with Crippen molar-refractivity contribution in [3.05, 3.63) is 23.6 Å². The summed E-state index contributed by atoms with van der Waals surface area (Å²) in [6, 6.07) is 0.457. The van der Waals surface area contributed by atoms with Gasteiger partial charge >= 0.3 is 0 Å². The Kier molecular flexibility index (Phi) is 5.04. The van der Waals surface area contributed by atoms with Crippen molar-refractivity contribution in [1.29, 1.82) is 0 Å². The Labute approximate surface area is 91.3 Å². The molecular weight excluding hydrogens is 221 g/mol. The molecule has 1 heterocycles. The summed E-state index contributed by atoms with van der Waals surface area (Å²) >= 11 is 0. The number of aliphatic hydroxyl groups is 1. The van der Waals surface area contributed by atoms with Crippen molar-refractivity contribution < 1.29 is 18.3 Å². The first-order valence-corrected chi connectivity index (χ1v) is 5.01. The van der Waals surface area contributed by atoms with Gasteiger partial charge in [0.25, 0.3) is 5.95 Å². The molecule has 0 atom stereocenters. The van der Waals surface area contributed by atoms with Gasteiger partial charge in [0, 0.05) is 19.2 Å². The third-order valence-corrected chi connectivity index (χ3v) is 2.01. The quantitative estimate of drug-likeness (QED) is 0.585. The maximum absolute atomic E-state index is 13.0. The van der Waals surface area contributed by atoms with Crippen LogP contribution in [0.15, 0.2) is 6.07 Å². The Morgan fingerprint density at radius 3 is 2.56 bits per heavy atom. The molecule has 6 heteroatoms. The molecule has 0 unspecified atom stereocenters. The number of anilines is 1. The van der Waals surface area contributed by atoms with Gasteiger partial charge in [0.1, 0.15) is 0 Å². The van der Waals surface area contributed by atoms with E-state index in [-0.39, 0.29) is 12.4 Å². The van der Waals surface area contributed by atoms with Crippen molar-refractivity contribution in [2.75, 3.05) is 18.5 Å². The number of nitrogens with one attached hydrogen (secondary N) is 1. The third kappa shape index (κ3) is 3.69. The molecule has 0 aliphatic carbocycles. The Hall–Kier alpha value is -1.30. The molecule has 1 aromatic rings. The predicted octanol–water partition coefficient (Wildman–Crippen LogP) is 2.07. The summed E-state index contributed by atoms with van der Waals surface area (Å²) in [5.74, 6) is -3.83. The molecule has 1 rings (SSSR count). The van der Waals surface area contributed by atoms with Crippen LogP contribution < -0.4 is 5.32 Å². The highest BCUT2D eigenvalue weighted by Gasteiger charge is 2.10. The lowest BCUT2D eigenvalue weighted by Gasteiger charge is -2.06. The van der Waals surface area contributed by atoms with Crippen molar-refractivity contribution in [2.45, 2.75) is 19.3 Å². The Morgan fingerprint density at radius 1 is 1.12 bits per heavy atom. The highest BCUT2D eigenvalue weighted by molar-refractivity contribution is 5.35. The zero-order chi connectivity index (χ0) is 12.0. The van der Waals surface area contributed by atoms with Gasteiger partial charge in [-0.2, -0.15) is 9.37 Å². The highest BCUT2D eigenvalue weighted by atomic mass is 19.2. The van der Waals surface area contributed by atoms with E-state index in [1.807, 2.05) is 0 Å². The van der Waals surface area contributed by atoms with E-state index in [1.54, 1.807) is 0 Å². The Bertz CT molecular complexity index is 347. The summed E-state index contributed by atoms with van der Waals surface area (Å²) in [7, 11) is 0. The fourth-order valence-corrected chi connectivity index (χ4v) is 1.19. The van der Waals surface area contributed by atoms with E-state index >= 15 is 0 Å². The summed E-state index contributed by atoms with van der Waals surface area (Å²) < 4.78 is 38.2. The van der Waals surface area contributed by atoms with Gasteiger partial charge < -0.3 is 10.4 Å². The molecule has 0 radical (unpaired) electrons.